The molecule has 0 aliphatic carbocycles. The fraction of sp³-hybridized carbons (Fsp3) is 0.188. The maximum atomic E-state index is 13.9. The summed E-state index contributed by atoms with van der Waals surface area (Å²) < 4.78 is 32.0. The van der Waals surface area contributed by atoms with Crippen molar-refractivity contribution in [2.75, 3.05) is 7.11 Å². The maximum Gasteiger partial charge on any atom is 0.310 e. The van der Waals surface area contributed by atoms with Gasteiger partial charge in [0.1, 0.15) is 17.4 Å². The van der Waals surface area contributed by atoms with E-state index in [1.807, 2.05) is 0 Å². The van der Waals surface area contributed by atoms with Gasteiger partial charge in [0.25, 0.3) is 0 Å². The lowest BCUT2D eigenvalue weighted by atomic mass is 9.96. The topological polar surface area (TPSA) is 46.5 Å². The van der Waals surface area contributed by atoms with Crippen LogP contribution in [0.1, 0.15) is 18.4 Å². The van der Waals surface area contributed by atoms with Crippen LogP contribution >= 0.6 is 0 Å². The molecule has 0 radical (unpaired) electrons. The highest BCUT2D eigenvalue weighted by Gasteiger charge is 2.17. The summed E-state index contributed by atoms with van der Waals surface area (Å²) in [4.78, 5) is 11.0. The number of carboxylic acids is 1. The molecule has 0 aromatic heterocycles. The van der Waals surface area contributed by atoms with Gasteiger partial charge >= 0.3 is 5.97 Å². The third kappa shape index (κ3) is 3.02. The summed E-state index contributed by atoms with van der Waals surface area (Å²) >= 11 is 0. The van der Waals surface area contributed by atoms with Crippen molar-refractivity contribution in [1.82, 2.24) is 0 Å². The van der Waals surface area contributed by atoms with Crippen molar-refractivity contribution in [3.8, 4) is 16.9 Å². The second-order valence-electron chi connectivity index (χ2n) is 4.64. The fourth-order valence-electron chi connectivity index (χ4n) is 2.05. The van der Waals surface area contributed by atoms with Crippen molar-refractivity contribution in [2.24, 2.45) is 0 Å². The smallest absolute Gasteiger partial charge is 0.310 e. The van der Waals surface area contributed by atoms with Crippen molar-refractivity contribution in [1.29, 1.82) is 0 Å². The number of carbonyl (C=O) groups is 1. The molecule has 110 valence electrons. The number of ether oxygens (including phenoxy) is 1. The van der Waals surface area contributed by atoms with E-state index in [-0.39, 0.29) is 5.56 Å². The van der Waals surface area contributed by atoms with E-state index in [2.05, 4.69) is 0 Å². The van der Waals surface area contributed by atoms with Crippen LogP contribution in [0.2, 0.25) is 0 Å². The number of aliphatic carboxylic acids is 1. The Hall–Kier alpha value is -2.43. The molecule has 0 heterocycles. The van der Waals surface area contributed by atoms with Gasteiger partial charge in [-0.25, -0.2) is 8.78 Å². The van der Waals surface area contributed by atoms with E-state index in [0.29, 0.717) is 16.9 Å². The first-order chi connectivity index (χ1) is 9.93. The van der Waals surface area contributed by atoms with E-state index in [0.717, 1.165) is 12.1 Å². The number of hydrogen-bond donors (Lipinski definition) is 1. The molecule has 2 rings (SSSR count). The average molecular weight is 292 g/mol. The molecule has 0 aliphatic rings. The molecule has 2 aromatic rings. The molecular weight excluding hydrogens is 278 g/mol. The van der Waals surface area contributed by atoms with Crippen LogP contribution in [0, 0.1) is 11.6 Å². The first-order valence-corrected chi connectivity index (χ1v) is 6.30. The van der Waals surface area contributed by atoms with Gasteiger partial charge in [0, 0.05) is 17.2 Å². The van der Waals surface area contributed by atoms with Gasteiger partial charge in [-0.2, -0.15) is 0 Å². The van der Waals surface area contributed by atoms with Crippen LogP contribution in [0.5, 0.6) is 5.75 Å². The molecular formula is C16H14F2O3. The van der Waals surface area contributed by atoms with Gasteiger partial charge < -0.3 is 9.84 Å². The lowest BCUT2D eigenvalue weighted by molar-refractivity contribution is -0.138. The highest BCUT2D eigenvalue weighted by Crippen LogP contribution is 2.34. The Morgan fingerprint density at radius 2 is 1.81 bits per heavy atom. The monoisotopic (exact) mass is 292 g/mol. The third-order valence-corrected chi connectivity index (χ3v) is 3.32. The molecule has 0 fully saturated rings. The minimum atomic E-state index is -0.960. The van der Waals surface area contributed by atoms with Gasteiger partial charge in [0.15, 0.2) is 0 Å². The standard InChI is InChI=1S/C16H14F2O3/c1-9(16(19)20)10-3-5-13(15(7-10)21-2)12-6-4-11(17)8-14(12)18/h3-9H,1-2H3,(H,19,20). The van der Waals surface area contributed by atoms with Crippen LogP contribution in [-0.2, 0) is 4.79 Å². The van der Waals surface area contributed by atoms with E-state index in [1.165, 1.54) is 13.2 Å². The van der Waals surface area contributed by atoms with Crippen LogP contribution in [-0.4, -0.2) is 18.2 Å². The predicted octanol–water partition coefficient (Wildman–Crippen LogP) is 3.83. The molecule has 1 atom stereocenters. The van der Waals surface area contributed by atoms with Crippen molar-refractivity contribution < 1.29 is 23.4 Å². The van der Waals surface area contributed by atoms with Crippen molar-refractivity contribution in [3.63, 3.8) is 0 Å². The molecule has 3 nitrogen and oxygen atoms in total. The summed E-state index contributed by atoms with van der Waals surface area (Å²) in [5, 5.41) is 9.02. The van der Waals surface area contributed by atoms with Gasteiger partial charge in [-0.3, -0.25) is 4.79 Å². The second kappa shape index (κ2) is 5.91. The number of carboxylic acid groups (broad SMARTS) is 1. The number of rotatable bonds is 4. The van der Waals surface area contributed by atoms with Crippen LogP contribution in [0.3, 0.4) is 0 Å². The predicted molar refractivity (Wildman–Crippen MR) is 74.4 cm³/mol. The van der Waals surface area contributed by atoms with E-state index >= 15 is 0 Å². The molecule has 2 aromatic carbocycles. The highest BCUT2D eigenvalue weighted by atomic mass is 19.1. The van der Waals surface area contributed by atoms with Crippen LogP contribution < -0.4 is 4.74 Å². The van der Waals surface area contributed by atoms with E-state index in [9.17, 15) is 13.6 Å². The normalized spacial score (nSPS) is 12.0. The first-order valence-electron chi connectivity index (χ1n) is 6.30. The molecule has 5 heteroatoms. The lowest BCUT2D eigenvalue weighted by Gasteiger charge is -2.13. The molecule has 0 saturated heterocycles. The summed E-state index contributed by atoms with van der Waals surface area (Å²) in [7, 11) is 1.41. The second-order valence-corrected chi connectivity index (χ2v) is 4.64. The Kier molecular flexibility index (Phi) is 4.21. The Morgan fingerprint density at radius 3 is 2.38 bits per heavy atom. The molecule has 1 unspecified atom stereocenters. The van der Waals surface area contributed by atoms with E-state index < -0.39 is 23.5 Å². The van der Waals surface area contributed by atoms with Crippen LogP contribution in [0.15, 0.2) is 36.4 Å². The van der Waals surface area contributed by atoms with Crippen molar-refractivity contribution in [3.05, 3.63) is 53.6 Å². The number of hydrogen-bond acceptors (Lipinski definition) is 2. The maximum absolute atomic E-state index is 13.9. The molecule has 1 N–H and O–H groups in total. The molecule has 21 heavy (non-hydrogen) atoms. The largest absolute Gasteiger partial charge is 0.496 e. The molecule has 0 spiro atoms. The Morgan fingerprint density at radius 1 is 1.14 bits per heavy atom. The summed E-state index contributed by atoms with van der Waals surface area (Å²) in [5.74, 6) is -2.69. The van der Waals surface area contributed by atoms with Gasteiger partial charge in [0.05, 0.1) is 13.0 Å². The van der Waals surface area contributed by atoms with Gasteiger partial charge in [-0.15, -0.1) is 0 Å². The SMILES string of the molecule is COc1cc(C(C)C(=O)O)ccc1-c1ccc(F)cc1F. The zero-order valence-corrected chi connectivity index (χ0v) is 11.6. The Labute approximate surface area is 120 Å². The summed E-state index contributed by atoms with van der Waals surface area (Å²) in [5.41, 5.74) is 1.18. The number of benzene rings is 2. The van der Waals surface area contributed by atoms with Gasteiger partial charge in [-0.05, 0) is 30.7 Å². The third-order valence-electron chi connectivity index (χ3n) is 3.32. The zero-order valence-electron chi connectivity index (χ0n) is 11.6. The molecule has 0 amide bonds. The molecule has 0 aliphatic heterocycles. The first kappa shape index (κ1) is 15.0. The highest BCUT2D eigenvalue weighted by molar-refractivity contribution is 5.78. The minimum Gasteiger partial charge on any atom is -0.496 e. The summed E-state index contributed by atoms with van der Waals surface area (Å²) in [6, 6.07) is 8.00. The Bertz CT molecular complexity index is 683. The molecule has 0 saturated carbocycles. The van der Waals surface area contributed by atoms with Gasteiger partial charge in [0.2, 0.25) is 0 Å². The van der Waals surface area contributed by atoms with Gasteiger partial charge in [-0.1, -0.05) is 12.1 Å². The van der Waals surface area contributed by atoms with E-state index in [1.54, 1.807) is 25.1 Å². The molecule has 0 bridgehead atoms. The quantitative estimate of drug-likeness (QED) is 0.931. The lowest BCUT2D eigenvalue weighted by Crippen LogP contribution is -2.07. The fourth-order valence-corrected chi connectivity index (χ4v) is 2.05. The zero-order chi connectivity index (χ0) is 15.6. The summed E-state index contributed by atoms with van der Waals surface area (Å²) in [6.45, 7) is 1.55. The average Bonchev–Trinajstić information content (AvgIpc) is 2.46. The van der Waals surface area contributed by atoms with Crippen LogP contribution in [0.4, 0.5) is 8.78 Å². The number of methoxy groups -OCH3 is 1. The van der Waals surface area contributed by atoms with Crippen molar-refractivity contribution >= 4 is 5.97 Å². The summed E-state index contributed by atoms with van der Waals surface area (Å²) in [6.07, 6.45) is 0. The Balaban J connectivity index is 2.52. The van der Waals surface area contributed by atoms with Crippen LogP contribution in [0.25, 0.3) is 11.1 Å². The van der Waals surface area contributed by atoms with E-state index in [4.69, 9.17) is 9.84 Å². The van der Waals surface area contributed by atoms with Crippen molar-refractivity contribution in [2.45, 2.75) is 12.8 Å². The minimum absolute atomic E-state index is 0.197. The number of halogens is 2.